The van der Waals surface area contributed by atoms with Crippen LogP contribution in [0.3, 0.4) is 0 Å². The van der Waals surface area contributed by atoms with Crippen LogP contribution in [-0.4, -0.2) is 17.4 Å². The zero-order chi connectivity index (χ0) is 13.9. The molecule has 1 aromatic heterocycles. The molecule has 0 unspecified atom stereocenters. The van der Waals surface area contributed by atoms with Gasteiger partial charge in [0, 0.05) is 24.0 Å². The van der Waals surface area contributed by atoms with Crippen LogP contribution in [0.5, 0.6) is 0 Å². The molecule has 2 aromatic rings. The predicted octanol–water partition coefficient (Wildman–Crippen LogP) is 2.54. The molecular weight excluding hydrogens is 250 g/mol. The second-order valence-corrected chi connectivity index (χ2v) is 5.00. The van der Waals surface area contributed by atoms with E-state index in [1.165, 1.54) is 5.56 Å². The van der Waals surface area contributed by atoms with Crippen LogP contribution >= 0.6 is 0 Å². The van der Waals surface area contributed by atoms with E-state index in [1.54, 1.807) is 6.20 Å². The van der Waals surface area contributed by atoms with Crippen LogP contribution < -0.4 is 10.6 Å². The lowest BCUT2D eigenvalue weighted by molar-refractivity contribution is 0.0939. The van der Waals surface area contributed by atoms with Gasteiger partial charge in [0.25, 0.3) is 5.91 Å². The summed E-state index contributed by atoms with van der Waals surface area (Å²) >= 11 is 0. The highest BCUT2D eigenvalue weighted by Crippen LogP contribution is 2.23. The number of anilines is 1. The van der Waals surface area contributed by atoms with Crippen molar-refractivity contribution in [2.75, 3.05) is 11.9 Å². The van der Waals surface area contributed by atoms with Gasteiger partial charge in [-0.1, -0.05) is 12.1 Å². The minimum Gasteiger partial charge on any atom is -0.384 e. The molecule has 4 heteroatoms. The number of hydrogen-bond acceptors (Lipinski definition) is 3. The molecule has 0 saturated heterocycles. The fraction of sp³-hybridized carbons (Fsp3) is 0.250. The molecule has 0 aliphatic carbocycles. The van der Waals surface area contributed by atoms with Crippen LogP contribution in [-0.2, 0) is 6.42 Å². The van der Waals surface area contributed by atoms with E-state index in [2.05, 4.69) is 15.6 Å². The maximum absolute atomic E-state index is 12.3. The van der Waals surface area contributed by atoms with Crippen LogP contribution in [0.25, 0.3) is 0 Å². The smallest absolute Gasteiger partial charge is 0.251 e. The molecule has 20 heavy (non-hydrogen) atoms. The average Bonchev–Trinajstić information content (AvgIpc) is 2.95. The normalized spacial score (nSPS) is 14.2. The molecule has 102 valence electrons. The van der Waals surface area contributed by atoms with Gasteiger partial charge in [-0.3, -0.25) is 9.78 Å². The Kier molecular flexibility index (Phi) is 3.37. The predicted molar refractivity (Wildman–Crippen MR) is 78.8 cm³/mol. The highest BCUT2D eigenvalue weighted by atomic mass is 16.1. The van der Waals surface area contributed by atoms with Gasteiger partial charge in [0.15, 0.2) is 0 Å². The van der Waals surface area contributed by atoms with E-state index in [0.29, 0.717) is 5.56 Å². The molecule has 1 atom stereocenters. The second-order valence-electron chi connectivity index (χ2n) is 5.00. The van der Waals surface area contributed by atoms with E-state index < -0.39 is 0 Å². The van der Waals surface area contributed by atoms with Crippen LogP contribution in [0.15, 0.2) is 42.6 Å². The Labute approximate surface area is 118 Å². The standard InChI is InChI=1S/C16H17N3O/c1-11(14-4-2-3-8-17-14)19-16(20)13-6-5-12-7-9-18-15(12)10-13/h2-6,8,10-11,18H,7,9H2,1H3,(H,19,20)/t11-/m0/s1. The summed E-state index contributed by atoms with van der Waals surface area (Å²) in [6.07, 6.45) is 2.76. The first-order valence-corrected chi connectivity index (χ1v) is 6.82. The summed E-state index contributed by atoms with van der Waals surface area (Å²) in [6, 6.07) is 11.4. The van der Waals surface area contributed by atoms with Gasteiger partial charge in [-0.05, 0) is 43.2 Å². The molecule has 3 rings (SSSR count). The van der Waals surface area contributed by atoms with Gasteiger partial charge in [-0.25, -0.2) is 0 Å². The fourth-order valence-corrected chi connectivity index (χ4v) is 2.42. The van der Waals surface area contributed by atoms with Gasteiger partial charge in [-0.15, -0.1) is 0 Å². The third-order valence-corrected chi connectivity index (χ3v) is 3.56. The Hall–Kier alpha value is -2.36. The Bertz CT molecular complexity index is 625. The third-order valence-electron chi connectivity index (χ3n) is 3.56. The molecular formula is C16H17N3O. The summed E-state index contributed by atoms with van der Waals surface area (Å²) in [5, 5.41) is 6.26. The van der Waals surface area contributed by atoms with E-state index in [-0.39, 0.29) is 11.9 Å². The molecule has 0 spiro atoms. The van der Waals surface area contributed by atoms with Crippen LogP contribution in [0, 0.1) is 0 Å². The number of nitrogens with one attached hydrogen (secondary N) is 2. The molecule has 1 amide bonds. The van der Waals surface area contributed by atoms with Crippen molar-refractivity contribution in [2.24, 2.45) is 0 Å². The summed E-state index contributed by atoms with van der Waals surface area (Å²) in [7, 11) is 0. The molecule has 0 saturated carbocycles. The number of pyridine rings is 1. The largest absolute Gasteiger partial charge is 0.384 e. The average molecular weight is 267 g/mol. The number of benzene rings is 1. The van der Waals surface area contributed by atoms with Crippen LogP contribution in [0.1, 0.15) is 34.6 Å². The number of nitrogens with zero attached hydrogens (tertiary/aromatic N) is 1. The lowest BCUT2D eigenvalue weighted by Crippen LogP contribution is -2.27. The summed E-state index contributed by atoms with van der Waals surface area (Å²) in [5.74, 6) is -0.0698. The van der Waals surface area contributed by atoms with Gasteiger partial charge in [0.2, 0.25) is 0 Å². The number of carbonyl (C=O) groups excluding carboxylic acids is 1. The monoisotopic (exact) mass is 267 g/mol. The molecule has 2 heterocycles. The first kappa shape index (κ1) is 12.7. The van der Waals surface area contributed by atoms with Crippen LogP contribution in [0.2, 0.25) is 0 Å². The van der Waals surface area contributed by atoms with Gasteiger partial charge in [0.05, 0.1) is 11.7 Å². The molecule has 0 fully saturated rings. The number of hydrogen-bond donors (Lipinski definition) is 2. The number of amides is 1. The molecule has 0 radical (unpaired) electrons. The SMILES string of the molecule is C[C@H](NC(=O)c1ccc2c(c1)NCC2)c1ccccn1. The van der Waals surface area contributed by atoms with Crippen molar-refractivity contribution in [3.05, 3.63) is 59.4 Å². The van der Waals surface area contributed by atoms with E-state index >= 15 is 0 Å². The van der Waals surface area contributed by atoms with Crippen molar-refractivity contribution in [1.29, 1.82) is 0 Å². The van der Waals surface area contributed by atoms with Gasteiger partial charge in [0.1, 0.15) is 0 Å². The van der Waals surface area contributed by atoms with Crippen molar-refractivity contribution in [3.63, 3.8) is 0 Å². The first-order chi connectivity index (χ1) is 9.74. The number of aromatic nitrogens is 1. The number of fused-ring (bicyclic) bond motifs is 1. The number of rotatable bonds is 3. The zero-order valence-electron chi connectivity index (χ0n) is 11.4. The summed E-state index contributed by atoms with van der Waals surface area (Å²) in [4.78, 5) is 16.5. The molecule has 0 bridgehead atoms. The molecule has 2 N–H and O–H groups in total. The quantitative estimate of drug-likeness (QED) is 0.898. The number of carbonyl (C=O) groups is 1. The lowest BCUT2D eigenvalue weighted by Gasteiger charge is -2.13. The molecule has 1 aliphatic heterocycles. The maximum atomic E-state index is 12.3. The molecule has 4 nitrogen and oxygen atoms in total. The topological polar surface area (TPSA) is 54.0 Å². The summed E-state index contributed by atoms with van der Waals surface area (Å²) in [6.45, 7) is 2.89. The Morgan fingerprint density at radius 3 is 3.05 bits per heavy atom. The van der Waals surface area contributed by atoms with Crippen molar-refractivity contribution < 1.29 is 4.79 Å². The lowest BCUT2D eigenvalue weighted by atomic mass is 10.1. The Morgan fingerprint density at radius 2 is 2.25 bits per heavy atom. The van der Waals surface area contributed by atoms with Crippen molar-refractivity contribution in [3.8, 4) is 0 Å². The highest BCUT2D eigenvalue weighted by Gasteiger charge is 2.15. The fourth-order valence-electron chi connectivity index (χ4n) is 2.42. The Balaban J connectivity index is 1.73. The molecule has 1 aliphatic rings. The second kappa shape index (κ2) is 5.33. The highest BCUT2D eigenvalue weighted by molar-refractivity contribution is 5.95. The van der Waals surface area contributed by atoms with E-state index in [1.807, 2.05) is 43.3 Å². The third kappa shape index (κ3) is 2.50. The van der Waals surface area contributed by atoms with Crippen molar-refractivity contribution in [2.45, 2.75) is 19.4 Å². The van der Waals surface area contributed by atoms with Gasteiger partial charge < -0.3 is 10.6 Å². The van der Waals surface area contributed by atoms with Gasteiger partial charge >= 0.3 is 0 Å². The summed E-state index contributed by atoms with van der Waals surface area (Å²) < 4.78 is 0. The Morgan fingerprint density at radius 1 is 1.35 bits per heavy atom. The van der Waals surface area contributed by atoms with Crippen molar-refractivity contribution >= 4 is 11.6 Å². The first-order valence-electron chi connectivity index (χ1n) is 6.82. The maximum Gasteiger partial charge on any atom is 0.251 e. The molecule has 1 aromatic carbocycles. The zero-order valence-corrected chi connectivity index (χ0v) is 11.4. The summed E-state index contributed by atoms with van der Waals surface area (Å²) in [5.41, 5.74) is 3.89. The minimum absolute atomic E-state index is 0.0698. The van der Waals surface area contributed by atoms with E-state index in [0.717, 1.165) is 24.3 Å². The minimum atomic E-state index is -0.107. The van der Waals surface area contributed by atoms with E-state index in [9.17, 15) is 4.79 Å². The van der Waals surface area contributed by atoms with E-state index in [4.69, 9.17) is 0 Å². The van der Waals surface area contributed by atoms with Gasteiger partial charge in [-0.2, -0.15) is 0 Å². The van der Waals surface area contributed by atoms with Crippen molar-refractivity contribution in [1.82, 2.24) is 10.3 Å². The van der Waals surface area contributed by atoms with Crippen LogP contribution in [0.4, 0.5) is 5.69 Å².